The number of aromatic nitrogens is 1. The van der Waals surface area contributed by atoms with Crippen LogP contribution >= 0.6 is 0 Å². The number of anilines is 1. The third kappa shape index (κ3) is 4.35. The molecule has 0 fully saturated rings. The number of hydrogen-bond acceptors (Lipinski definition) is 6. The molecule has 0 aliphatic rings. The summed E-state index contributed by atoms with van der Waals surface area (Å²) in [7, 11) is -3.05. The molecule has 1 heterocycles. The van der Waals surface area contributed by atoms with Gasteiger partial charge in [0.05, 0.1) is 16.7 Å². The predicted molar refractivity (Wildman–Crippen MR) is 63.8 cm³/mol. The average Bonchev–Trinajstić information content (AvgIpc) is 2.18. The Labute approximate surface area is 98.9 Å². The Morgan fingerprint density at radius 1 is 1.53 bits per heavy atom. The number of pyridine rings is 1. The Morgan fingerprint density at radius 2 is 2.18 bits per heavy atom. The number of nitrogens with one attached hydrogen (secondary N) is 1. The van der Waals surface area contributed by atoms with E-state index in [1.54, 1.807) is 6.92 Å². The maximum atomic E-state index is 10.9. The molecule has 0 saturated carbocycles. The van der Waals surface area contributed by atoms with Crippen molar-refractivity contribution in [1.29, 1.82) is 0 Å². The minimum absolute atomic E-state index is 0.0399. The number of hydrogen-bond donors (Lipinski definition) is 1. The van der Waals surface area contributed by atoms with Gasteiger partial charge in [-0.25, -0.2) is 13.4 Å². The highest BCUT2D eigenvalue weighted by Gasteiger charge is 2.12. The van der Waals surface area contributed by atoms with Gasteiger partial charge in [-0.2, -0.15) is 0 Å². The van der Waals surface area contributed by atoms with Crippen molar-refractivity contribution in [2.75, 3.05) is 23.9 Å². The van der Waals surface area contributed by atoms with Gasteiger partial charge < -0.3 is 5.32 Å². The summed E-state index contributed by atoms with van der Waals surface area (Å²) in [6.07, 6.45) is 2.50. The maximum absolute atomic E-state index is 10.9. The molecule has 0 bridgehead atoms. The molecule has 7 nitrogen and oxygen atoms in total. The summed E-state index contributed by atoms with van der Waals surface area (Å²) in [4.78, 5) is 14.1. The summed E-state index contributed by atoms with van der Waals surface area (Å²) in [5.74, 6) is 0.252. The van der Waals surface area contributed by atoms with Gasteiger partial charge in [0.2, 0.25) is 0 Å². The second kappa shape index (κ2) is 5.09. The van der Waals surface area contributed by atoms with Crippen molar-refractivity contribution in [3.63, 3.8) is 0 Å². The molecule has 8 heteroatoms. The minimum Gasteiger partial charge on any atom is -0.369 e. The molecule has 1 rings (SSSR count). The first-order chi connectivity index (χ1) is 7.79. The molecule has 0 saturated heterocycles. The standard InChI is InChI=1S/C9H13N3O4S/c1-7-6-11-9(5-8(7)12(13)14)10-3-4-17(2,15)16/h5-6H,3-4H2,1-2H3,(H,10,11). The lowest BCUT2D eigenvalue weighted by molar-refractivity contribution is -0.385. The van der Waals surface area contributed by atoms with E-state index in [-0.39, 0.29) is 18.0 Å². The van der Waals surface area contributed by atoms with Gasteiger partial charge in [0.15, 0.2) is 0 Å². The second-order valence-electron chi connectivity index (χ2n) is 3.67. The van der Waals surface area contributed by atoms with Crippen molar-refractivity contribution in [2.24, 2.45) is 0 Å². The number of sulfone groups is 1. The van der Waals surface area contributed by atoms with Gasteiger partial charge in [0.25, 0.3) is 5.69 Å². The van der Waals surface area contributed by atoms with E-state index in [2.05, 4.69) is 10.3 Å². The van der Waals surface area contributed by atoms with Crippen LogP contribution in [0.25, 0.3) is 0 Å². The van der Waals surface area contributed by atoms with Gasteiger partial charge in [-0.3, -0.25) is 10.1 Å². The number of nitro groups is 1. The summed E-state index contributed by atoms with van der Waals surface area (Å²) in [5, 5.41) is 13.4. The molecule has 17 heavy (non-hydrogen) atoms. The van der Waals surface area contributed by atoms with Crippen LogP contribution in [0.15, 0.2) is 12.3 Å². The summed E-state index contributed by atoms with van der Waals surface area (Å²) in [5.41, 5.74) is 0.422. The van der Waals surface area contributed by atoms with Gasteiger partial charge in [0, 0.05) is 24.6 Å². The van der Waals surface area contributed by atoms with Gasteiger partial charge >= 0.3 is 0 Å². The fourth-order valence-corrected chi connectivity index (χ4v) is 1.64. The molecule has 1 aromatic rings. The number of aryl methyl sites for hydroxylation is 1. The van der Waals surface area contributed by atoms with Crippen LogP contribution in [0.1, 0.15) is 5.56 Å². The Morgan fingerprint density at radius 3 is 2.71 bits per heavy atom. The lowest BCUT2D eigenvalue weighted by Gasteiger charge is -2.05. The zero-order valence-electron chi connectivity index (χ0n) is 9.50. The van der Waals surface area contributed by atoms with E-state index in [0.29, 0.717) is 11.4 Å². The van der Waals surface area contributed by atoms with Crippen LogP contribution in [0.4, 0.5) is 11.5 Å². The van der Waals surface area contributed by atoms with Crippen LogP contribution in [0, 0.1) is 17.0 Å². The van der Waals surface area contributed by atoms with E-state index in [1.165, 1.54) is 12.3 Å². The highest BCUT2D eigenvalue weighted by Crippen LogP contribution is 2.19. The van der Waals surface area contributed by atoms with Gasteiger partial charge in [0.1, 0.15) is 15.7 Å². The SMILES string of the molecule is Cc1cnc(NCCS(C)(=O)=O)cc1[N+](=O)[O-]. The van der Waals surface area contributed by atoms with E-state index in [0.717, 1.165) is 6.26 Å². The fourth-order valence-electron chi connectivity index (χ4n) is 1.17. The van der Waals surface area contributed by atoms with E-state index < -0.39 is 14.8 Å². The van der Waals surface area contributed by atoms with E-state index in [9.17, 15) is 18.5 Å². The largest absolute Gasteiger partial charge is 0.369 e. The smallest absolute Gasteiger partial charge is 0.277 e. The molecule has 0 aliphatic carbocycles. The Hall–Kier alpha value is -1.70. The molecular weight excluding hydrogens is 246 g/mol. The van der Waals surface area contributed by atoms with Crippen molar-refractivity contribution in [3.8, 4) is 0 Å². The van der Waals surface area contributed by atoms with Crippen LogP contribution in [0.3, 0.4) is 0 Å². The Kier molecular flexibility index (Phi) is 4.00. The van der Waals surface area contributed by atoms with Crippen LogP contribution in [0.2, 0.25) is 0 Å². The maximum Gasteiger partial charge on any atom is 0.277 e. The summed E-state index contributed by atoms with van der Waals surface area (Å²) in [6.45, 7) is 1.76. The highest BCUT2D eigenvalue weighted by molar-refractivity contribution is 7.90. The van der Waals surface area contributed by atoms with E-state index in [4.69, 9.17) is 0 Å². The molecule has 1 N–H and O–H groups in total. The van der Waals surface area contributed by atoms with Gasteiger partial charge in [-0.1, -0.05) is 0 Å². The topological polar surface area (TPSA) is 102 Å². The third-order valence-electron chi connectivity index (χ3n) is 2.05. The van der Waals surface area contributed by atoms with E-state index >= 15 is 0 Å². The summed E-state index contributed by atoms with van der Waals surface area (Å²) in [6, 6.07) is 1.29. The van der Waals surface area contributed by atoms with E-state index in [1.807, 2.05) is 0 Å². The van der Waals surface area contributed by atoms with Gasteiger partial charge in [-0.05, 0) is 6.92 Å². The van der Waals surface area contributed by atoms with Crippen LogP contribution in [0.5, 0.6) is 0 Å². The first-order valence-electron chi connectivity index (χ1n) is 4.82. The lowest BCUT2D eigenvalue weighted by Crippen LogP contribution is -2.14. The van der Waals surface area contributed by atoms with Crippen molar-refractivity contribution < 1.29 is 13.3 Å². The summed E-state index contributed by atoms with van der Waals surface area (Å²) < 4.78 is 21.8. The Bertz CT molecular complexity index is 527. The molecule has 0 atom stereocenters. The molecule has 1 aromatic heterocycles. The van der Waals surface area contributed by atoms with Gasteiger partial charge in [-0.15, -0.1) is 0 Å². The van der Waals surface area contributed by atoms with Crippen molar-refractivity contribution in [1.82, 2.24) is 4.98 Å². The highest BCUT2D eigenvalue weighted by atomic mass is 32.2. The molecule has 0 aromatic carbocycles. The van der Waals surface area contributed by atoms with Crippen LogP contribution < -0.4 is 5.32 Å². The quantitative estimate of drug-likeness (QED) is 0.618. The minimum atomic E-state index is -3.05. The third-order valence-corrected chi connectivity index (χ3v) is 3.00. The molecule has 0 radical (unpaired) electrons. The molecule has 0 aliphatic heterocycles. The number of rotatable bonds is 5. The Balaban J connectivity index is 2.73. The van der Waals surface area contributed by atoms with Crippen molar-refractivity contribution in [2.45, 2.75) is 6.92 Å². The molecule has 0 spiro atoms. The predicted octanol–water partition coefficient (Wildman–Crippen LogP) is 0.755. The summed E-state index contributed by atoms with van der Waals surface area (Å²) >= 11 is 0. The molecule has 0 amide bonds. The van der Waals surface area contributed by atoms with Crippen LogP contribution in [-0.4, -0.2) is 36.9 Å². The van der Waals surface area contributed by atoms with Crippen LogP contribution in [-0.2, 0) is 9.84 Å². The second-order valence-corrected chi connectivity index (χ2v) is 5.93. The lowest BCUT2D eigenvalue weighted by atomic mass is 10.2. The number of nitrogens with zero attached hydrogens (tertiary/aromatic N) is 2. The van der Waals surface area contributed by atoms with Crippen molar-refractivity contribution in [3.05, 3.63) is 27.9 Å². The normalized spacial score (nSPS) is 11.2. The fraction of sp³-hybridized carbons (Fsp3) is 0.444. The monoisotopic (exact) mass is 259 g/mol. The molecular formula is C9H13N3O4S. The zero-order valence-corrected chi connectivity index (χ0v) is 10.3. The zero-order chi connectivity index (χ0) is 13.1. The first kappa shape index (κ1) is 13.4. The average molecular weight is 259 g/mol. The first-order valence-corrected chi connectivity index (χ1v) is 6.88. The molecule has 0 unspecified atom stereocenters. The van der Waals surface area contributed by atoms with Crippen molar-refractivity contribution >= 4 is 21.3 Å². The molecule has 94 valence electrons.